The van der Waals surface area contributed by atoms with Gasteiger partial charge in [-0.25, -0.2) is 0 Å². The van der Waals surface area contributed by atoms with E-state index in [-0.39, 0.29) is 4.83 Å². The van der Waals surface area contributed by atoms with E-state index in [1.807, 2.05) is 11.8 Å². The highest BCUT2D eigenvalue weighted by atomic mass is 79.9. The maximum atomic E-state index is 12.0. The Morgan fingerprint density at radius 1 is 1.44 bits per heavy atom. The molecule has 2 aliphatic rings. The standard InChI is InChI=1S/C12H20BrNOS/c1-16-12(6-2-3-7-12)9-14-8-4-5-10(13)11(14)15/h10H,2-9H2,1H3. The molecule has 2 fully saturated rings. The smallest absolute Gasteiger partial charge is 0.236 e. The molecular weight excluding hydrogens is 286 g/mol. The summed E-state index contributed by atoms with van der Waals surface area (Å²) in [7, 11) is 0. The van der Waals surface area contributed by atoms with Crippen molar-refractivity contribution in [1.82, 2.24) is 4.90 Å². The van der Waals surface area contributed by atoms with Gasteiger partial charge in [0.05, 0.1) is 4.83 Å². The van der Waals surface area contributed by atoms with Crippen molar-refractivity contribution in [1.29, 1.82) is 0 Å². The van der Waals surface area contributed by atoms with Crippen LogP contribution < -0.4 is 0 Å². The van der Waals surface area contributed by atoms with E-state index in [0.717, 1.165) is 25.9 Å². The Morgan fingerprint density at radius 3 is 2.75 bits per heavy atom. The molecule has 0 aromatic heterocycles. The molecule has 2 nitrogen and oxygen atoms in total. The lowest BCUT2D eigenvalue weighted by Crippen LogP contribution is -2.48. The zero-order chi connectivity index (χ0) is 11.6. The molecule has 1 unspecified atom stereocenters. The number of carbonyl (C=O) groups excluding carboxylic acids is 1. The van der Waals surface area contributed by atoms with Gasteiger partial charge in [-0.2, -0.15) is 11.8 Å². The van der Waals surface area contributed by atoms with Gasteiger partial charge in [0.15, 0.2) is 0 Å². The Balaban J connectivity index is 1.99. The molecule has 1 saturated heterocycles. The lowest BCUT2D eigenvalue weighted by molar-refractivity contribution is -0.132. The van der Waals surface area contributed by atoms with Crippen LogP contribution in [0.4, 0.5) is 0 Å². The van der Waals surface area contributed by atoms with Crippen molar-refractivity contribution >= 4 is 33.6 Å². The summed E-state index contributed by atoms with van der Waals surface area (Å²) in [6, 6.07) is 0. The summed E-state index contributed by atoms with van der Waals surface area (Å²) >= 11 is 5.45. The molecule has 2 rings (SSSR count). The third kappa shape index (κ3) is 2.58. The molecular formula is C12H20BrNOS. The van der Waals surface area contributed by atoms with E-state index in [1.165, 1.54) is 25.7 Å². The second kappa shape index (κ2) is 5.30. The number of halogens is 1. The number of thioether (sulfide) groups is 1. The predicted octanol–water partition coefficient (Wildman–Crippen LogP) is 3.05. The predicted molar refractivity (Wildman–Crippen MR) is 73.2 cm³/mol. The monoisotopic (exact) mass is 305 g/mol. The molecule has 1 aliphatic heterocycles. The largest absolute Gasteiger partial charge is 0.340 e. The molecule has 1 aliphatic carbocycles. The number of amides is 1. The summed E-state index contributed by atoms with van der Waals surface area (Å²) in [5.74, 6) is 0.312. The van der Waals surface area contributed by atoms with Crippen LogP contribution in [0.3, 0.4) is 0 Å². The number of nitrogens with zero attached hydrogens (tertiary/aromatic N) is 1. The van der Waals surface area contributed by atoms with Crippen molar-refractivity contribution in [2.24, 2.45) is 0 Å². The average Bonchev–Trinajstić information content (AvgIpc) is 2.74. The third-order valence-electron chi connectivity index (χ3n) is 3.89. The van der Waals surface area contributed by atoms with Crippen molar-refractivity contribution in [2.75, 3.05) is 19.3 Å². The minimum Gasteiger partial charge on any atom is -0.340 e. The van der Waals surface area contributed by atoms with E-state index >= 15 is 0 Å². The second-order valence-corrected chi connectivity index (χ2v) is 7.34. The minimum atomic E-state index is 0.0709. The molecule has 0 radical (unpaired) electrons. The van der Waals surface area contributed by atoms with Crippen LogP contribution in [0.1, 0.15) is 38.5 Å². The van der Waals surface area contributed by atoms with Crippen LogP contribution in [-0.2, 0) is 4.79 Å². The van der Waals surface area contributed by atoms with Gasteiger partial charge in [-0.3, -0.25) is 4.79 Å². The van der Waals surface area contributed by atoms with Gasteiger partial charge < -0.3 is 4.90 Å². The van der Waals surface area contributed by atoms with Crippen LogP contribution >= 0.6 is 27.7 Å². The zero-order valence-electron chi connectivity index (χ0n) is 9.88. The number of carbonyl (C=O) groups is 1. The van der Waals surface area contributed by atoms with Gasteiger partial charge >= 0.3 is 0 Å². The van der Waals surface area contributed by atoms with Gasteiger partial charge in [-0.1, -0.05) is 28.8 Å². The minimum absolute atomic E-state index is 0.0709. The van der Waals surface area contributed by atoms with Crippen LogP contribution in [0.2, 0.25) is 0 Å². The summed E-state index contributed by atoms with van der Waals surface area (Å²) in [4.78, 5) is 14.2. The first-order valence-electron chi connectivity index (χ1n) is 6.15. The highest BCUT2D eigenvalue weighted by molar-refractivity contribution is 9.10. The molecule has 0 spiro atoms. The van der Waals surface area contributed by atoms with Crippen LogP contribution in [0.15, 0.2) is 0 Å². The zero-order valence-corrected chi connectivity index (χ0v) is 12.3. The van der Waals surface area contributed by atoms with Gasteiger partial charge in [0.2, 0.25) is 5.91 Å². The van der Waals surface area contributed by atoms with Crippen LogP contribution in [0, 0.1) is 0 Å². The number of rotatable bonds is 3. The van der Waals surface area contributed by atoms with E-state index in [0.29, 0.717) is 10.7 Å². The Bertz CT molecular complexity index is 266. The Hall–Kier alpha value is 0.300. The summed E-state index contributed by atoms with van der Waals surface area (Å²) < 4.78 is 0.361. The quantitative estimate of drug-likeness (QED) is 0.747. The van der Waals surface area contributed by atoms with Gasteiger partial charge in [0.25, 0.3) is 0 Å². The molecule has 1 heterocycles. The molecule has 92 valence electrons. The van der Waals surface area contributed by atoms with E-state index < -0.39 is 0 Å². The lowest BCUT2D eigenvalue weighted by Gasteiger charge is -2.37. The normalized spacial score (nSPS) is 29.8. The highest BCUT2D eigenvalue weighted by Crippen LogP contribution is 2.41. The first-order chi connectivity index (χ1) is 7.67. The molecule has 0 aromatic carbocycles. The molecule has 0 bridgehead atoms. The fourth-order valence-electron chi connectivity index (χ4n) is 2.84. The van der Waals surface area contributed by atoms with Crippen LogP contribution in [0.5, 0.6) is 0 Å². The van der Waals surface area contributed by atoms with Crippen LogP contribution in [0.25, 0.3) is 0 Å². The van der Waals surface area contributed by atoms with Crippen molar-refractivity contribution < 1.29 is 4.79 Å². The number of likely N-dealkylation sites (tertiary alicyclic amines) is 1. The highest BCUT2D eigenvalue weighted by Gasteiger charge is 2.38. The number of alkyl halides is 1. The third-order valence-corrected chi connectivity index (χ3v) is 6.14. The molecule has 1 amide bonds. The first kappa shape index (κ1) is 12.7. The van der Waals surface area contributed by atoms with E-state index in [9.17, 15) is 4.79 Å². The van der Waals surface area contributed by atoms with E-state index in [1.54, 1.807) is 0 Å². The van der Waals surface area contributed by atoms with E-state index in [2.05, 4.69) is 27.1 Å². The summed E-state index contributed by atoms with van der Waals surface area (Å²) in [5.41, 5.74) is 0. The van der Waals surface area contributed by atoms with E-state index in [4.69, 9.17) is 0 Å². The van der Waals surface area contributed by atoms with Gasteiger partial charge in [0, 0.05) is 17.8 Å². The van der Waals surface area contributed by atoms with Crippen molar-refractivity contribution in [3.63, 3.8) is 0 Å². The second-order valence-electron chi connectivity index (χ2n) is 4.96. The molecule has 4 heteroatoms. The topological polar surface area (TPSA) is 20.3 Å². The summed E-state index contributed by atoms with van der Waals surface area (Å²) in [6.07, 6.45) is 9.58. The molecule has 1 atom stereocenters. The van der Waals surface area contributed by atoms with Crippen molar-refractivity contribution in [3.8, 4) is 0 Å². The van der Waals surface area contributed by atoms with Gasteiger partial charge in [-0.05, 0) is 31.9 Å². The fourth-order valence-corrected chi connectivity index (χ4v) is 4.44. The van der Waals surface area contributed by atoms with Crippen LogP contribution in [-0.4, -0.2) is 39.7 Å². The molecule has 1 saturated carbocycles. The lowest BCUT2D eigenvalue weighted by atomic mass is 10.0. The Morgan fingerprint density at radius 2 is 2.12 bits per heavy atom. The molecule has 16 heavy (non-hydrogen) atoms. The number of hydrogen-bond acceptors (Lipinski definition) is 2. The Labute approximate surface area is 111 Å². The van der Waals surface area contributed by atoms with Crippen molar-refractivity contribution in [3.05, 3.63) is 0 Å². The maximum absolute atomic E-state index is 12.0. The number of hydrogen-bond donors (Lipinski definition) is 0. The fraction of sp³-hybridized carbons (Fsp3) is 0.917. The maximum Gasteiger partial charge on any atom is 0.236 e. The Kier molecular flexibility index (Phi) is 4.22. The first-order valence-corrected chi connectivity index (χ1v) is 8.29. The average molecular weight is 306 g/mol. The molecule has 0 N–H and O–H groups in total. The summed E-state index contributed by atoms with van der Waals surface area (Å²) in [5, 5.41) is 0. The SMILES string of the molecule is CSC1(CN2CCCC(Br)C2=O)CCCC1. The van der Waals surface area contributed by atoms with Crippen molar-refractivity contribution in [2.45, 2.75) is 48.1 Å². The summed E-state index contributed by atoms with van der Waals surface area (Å²) in [6.45, 7) is 1.93. The van der Waals surface area contributed by atoms with Gasteiger partial charge in [-0.15, -0.1) is 0 Å². The number of piperidine rings is 1. The molecule has 0 aromatic rings. The van der Waals surface area contributed by atoms with Gasteiger partial charge in [0.1, 0.15) is 0 Å².